The number of amides is 1. The van der Waals surface area contributed by atoms with Crippen molar-refractivity contribution >= 4 is 50.0 Å². The maximum atomic E-state index is 12.4. The highest BCUT2D eigenvalue weighted by Crippen LogP contribution is 2.24. The molecule has 26 heavy (non-hydrogen) atoms. The van der Waals surface area contributed by atoms with E-state index in [4.69, 9.17) is 16.3 Å². The number of hydrogen-bond acceptors (Lipinski definition) is 7. The van der Waals surface area contributed by atoms with Gasteiger partial charge in [0.25, 0.3) is 5.91 Å². The Morgan fingerprint density at radius 1 is 1.35 bits per heavy atom. The molecule has 1 heterocycles. The number of benzene rings is 1. The minimum absolute atomic E-state index is 0.0255. The lowest BCUT2D eigenvalue weighted by Crippen LogP contribution is -2.23. The molecule has 140 valence electrons. The first-order chi connectivity index (χ1) is 12.2. The van der Waals surface area contributed by atoms with Crippen molar-refractivity contribution in [3.8, 4) is 0 Å². The lowest BCUT2D eigenvalue weighted by atomic mass is 10.2. The molecule has 0 fully saturated rings. The summed E-state index contributed by atoms with van der Waals surface area (Å²) < 4.78 is 30.3. The molecule has 8 nitrogen and oxygen atoms in total. The molecule has 0 aliphatic rings. The summed E-state index contributed by atoms with van der Waals surface area (Å²) in [5, 5.41) is 4.19. The first kappa shape index (κ1) is 20.3. The molecular formula is C15H16ClN3O5S2. The van der Waals surface area contributed by atoms with Crippen molar-refractivity contribution in [3.05, 3.63) is 39.9 Å². The van der Waals surface area contributed by atoms with Gasteiger partial charge in [0.2, 0.25) is 10.0 Å². The Hall–Kier alpha value is -2.01. The zero-order valence-corrected chi connectivity index (χ0v) is 16.5. The van der Waals surface area contributed by atoms with Crippen LogP contribution >= 0.6 is 22.9 Å². The van der Waals surface area contributed by atoms with Crippen LogP contribution < -0.4 is 5.32 Å². The van der Waals surface area contributed by atoms with E-state index < -0.39 is 21.9 Å². The van der Waals surface area contributed by atoms with Gasteiger partial charge in [0.05, 0.1) is 22.1 Å². The van der Waals surface area contributed by atoms with E-state index in [2.05, 4.69) is 10.3 Å². The fourth-order valence-electron chi connectivity index (χ4n) is 1.84. The first-order valence-electron chi connectivity index (χ1n) is 7.33. The van der Waals surface area contributed by atoms with Gasteiger partial charge in [0, 0.05) is 19.5 Å². The van der Waals surface area contributed by atoms with Gasteiger partial charge in [-0.15, -0.1) is 11.3 Å². The summed E-state index contributed by atoms with van der Waals surface area (Å²) in [6.07, 6.45) is 0. The van der Waals surface area contributed by atoms with Crippen LogP contribution in [-0.2, 0) is 14.8 Å². The summed E-state index contributed by atoms with van der Waals surface area (Å²) in [7, 11) is -0.945. The van der Waals surface area contributed by atoms with Crippen molar-refractivity contribution in [2.45, 2.75) is 11.8 Å². The molecule has 1 amide bonds. The fraction of sp³-hybridized carbons (Fsp3) is 0.267. The standard InChI is InChI=1S/C15H16ClN3O5S2/c1-4-24-14(21)12-8-25-15(17-12)18-13(20)10-7-9(5-6-11(10)16)26(22,23)19(2)3/h5-8H,4H2,1-3H3,(H,17,18,20). The molecule has 0 bridgehead atoms. The average Bonchev–Trinajstić information content (AvgIpc) is 3.03. The molecule has 0 aliphatic heterocycles. The van der Waals surface area contributed by atoms with Crippen molar-refractivity contribution in [2.75, 3.05) is 26.0 Å². The molecule has 0 spiro atoms. The average molecular weight is 418 g/mol. The van der Waals surface area contributed by atoms with Crippen LogP contribution in [0.3, 0.4) is 0 Å². The number of aromatic nitrogens is 1. The Balaban J connectivity index is 2.26. The molecule has 2 aromatic rings. The van der Waals surface area contributed by atoms with Crippen LogP contribution in [0.2, 0.25) is 5.02 Å². The number of anilines is 1. The topological polar surface area (TPSA) is 106 Å². The van der Waals surface area contributed by atoms with Gasteiger partial charge < -0.3 is 4.74 Å². The lowest BCUT2D eigenvalue weighted by molar-refractivity contribution is 0.0520. The predicted molar refractivity (Wildman–Crippen MR) is 98.3 cm³/mol. The Bertz CT molecular complexity index is 941. The molecule has 11 heteroatoms. The molecule has 0 saturated carbocycles. The number of carbonyl (C=O) groups is 2. The van der Waals surface area contributed by atoms with Crippen LogP contribution in [0.25, 0.3) is 0 Å². The zero-order chi connectivity index (χ0) is 19.5. The fourth-order valence-corrected chi connectivity index (χ4v) is 3.65. The molecule has 1 aromatic heterocycles. The predicted octanol–water partition coefficient (Wildman–Crippen LogP) is 2.48. The number of thiazole rings is 1. The van der Waals surface area contributed by atoms with Crippen molar-refractivity contribution in [1.82, 2.24) is 9.29 Å². The molecule has 0 aliphatic carbocycles. The van der Waals surface area contributed by atoms with E-state index in [-0.39, 0.29) is 32.9 Å². The summed E-state index contributed by atoms with van der Waals surface area (Å²) in [5.41, 5.74) is 0.0460. The molecule has 0 saturated heterocycles. The van der Waals surface area contributed by atoms with E-state index in [1.165, 1.54) is 37.7 Å². The molecule has 0 unspecified atom stereocenters. The number of hydrogen-bond donors (Lipinski definition) is 1. The molecule has 0 radical (unpaired) electrons. The quantitative estimate of drug-likeness (QED) is 0.724. The smallest absolute Gasteiger partial charge is 0.357 e. The van der Waals surface area contributed by atoms with Crippen LogP contribution in [-0.4, -0.2) is 50.3 Å². The number of nitrogens with zero attached hydrogens (tertiary/aromatic N) is 2. The summed E-state index contributed by atoms with van der Waals surface area (Å²) >= 11 is 7.06. The van der Waals surface area contributed by atoms with Crippen LogP contribution in [0.1, 0.15) is 27.8 Å². The van der Waals surface area contributed by atoms with Gasteiger partial charge in [0.1, 0.15) is 0 Å². The van der Waals surface area contributed by atoms with E-state index in [0.29, 0.717) is 0 Å². The number of esters is 1. The van der Waals surface area contributed by atoms with E-state index in [1.54, 1.807) is 6.92 Å². The van der Waals surface area contributed by atoms with Gasteiger partial charge in [0.15, 0.2) is 10.8 Å². The normalized spacial score (nSPS) is 11.4. The van der Waals surface area contributed by atoms with E-state index >= 15 is 0 Å². The Morgan fingerprint density at radius 3 is 2.65 bits per heavy atom. The van der Waals surface area contributed by atoms with Crippen LogP contribution in [0.4, 0.5) is 5.13 Å². The van der Waals surface area contributed by atoms with Crippen LogP contribution in [0.15, 0.2) is 28.5 Å². The minimum atomic E-state index is -3.72. The van der Waals surface area contributed by atoms with Crippen molar-refractivity contribution in [2.24, 2.45) is 0 Å². The van der Waals surface area contributed by atoms with Gasteiger partial charge in [-0.05, 0) is 25.1 Å². The van der Waals surface area contributed by atoms with E-state index in [0.717, 1.165) is 15.6 Å². The largest absolute Gasteiger partial charge is 0.461 e. The Morgan fingerprint density at radius 2 is 2.04 bits per heavy atom. The SMILES string of the molecule is CCOC(=O)c1csc(NC(=O)c2cc(S(=O)(=O)N(C)C)ccc2Cl)n1. The third-order valence-electron chi connectivity index (χ3n) is 3.17. The van der Waals surface area contributed by atoms with Gasteiger partial charge >= 0.3 is 5.97 Å². The number of halogens is 1. The van der Waals surface area contributed by atoms with Crippen molar-refractivity contribution < 1.29 is 22.7 Å². The van der Waals surface area contributed by atoms with Gasteiger partial charge in [-0.25, -0.2) is 22.5 Å². The summed E-state index contributed by atoms with van der Waals surface area (Å²) in [6, 6.07) is 3.84. The van der Waals surface area contributed by atoms with Gasteiger partial charge in [-0.1, -0.05) is 11.6 Å². The zero-order valence-electron chi connectivity index (χ0n) is 14.1. The van der Waals surface area contributed by atoms with Gasteiger partial charge in [-0.3, -0.25) is 10.1 Å². The van der Waals surface area contributed by atoms with Crippen molar-refractivity contribution in [3.63, 3.8) is 0 Å². The molecular weight excluding hydrogens is 402 g/mol. The highest BCUT2D eigenvalue weighted by molar-refractivity contribution is 7.89. The Labute approximate surface area is 159 Å². The van der Waals surface area contributed by atoms with E-state index in [9.17, 15) is 18.0 Å². The summed E-state index contributed by atoms with van der Waals surface area (Å²) in [4.78, 5) is 27.9. The van der Waals surface area contributed by atoms with Crippen molar-refractivity contribution in [1.29, 1.82) is 0 Å². The summed E-state index contributed by atoms with van der Waals surface area (Å²) in [5.74, 6) is -1.24. The maximum Gasteiger partial charge on any atom is 0.357 e. The first-order valence-corrected chi connectivity index (χ1v) is 10.0. The Kier molecular flexibility index (Phi) is 6.34. The second-order valence-electron chi connectivity index (χ2n) is 5.14. The van der Waals surface area contributed by atoms with E-state index in [1.807, 2.05) is 0 Å². The molecule has 2 rings (SSSR count). The van der Waals surface area contributed by atoms with Crippen LogP contribution in [0.5, 0.6) is 0 Å². The number of sulfonamides is 1. The van der Waals surface area contributed by atoms with Crippen LogP contribution in [0, 0.1) is 0 Å². The molecule has 1 aromatic carbocycles. The highest BCUT2D eigenvalue weighted by atomic mass is 35.5. The third kappa shape index (κ3) is 4.39. The third-order valence-corrected chi connectivity index (χ3v) is 6.07. The number of ether oxygens (including phenoxy) is 1. The second-order valence-corrected chi connectivity index (χ2v) is 8.56. The summed E-state index contributed by atoms with van der Waals surface area (Å²) in [6.45, 7) is 1.88. The monoisotopic (exact) mass is 417 g/mol. The molecule has 0 atom stereocenters. The maximum absolute atomic E-state index is 12.4. The second kappa shape index (κ2) is 8.12. The number of nitrogens with one attached hydrogen (secondary N) is 1. The number of rotatable bonds is 6. The lowest BCUT2D eigenvalue weighted by Gasteiger charge is -2.13. The minimum Gasteiger partial charge on any atom is -0.461 e. The highest BCUT2D eigenvalue weighted by Gasteiger charge is 2.21. The molecule has 1 N–H and O–H groups in total. The van der Waals surface area contributed by atoms with Gasteiger partial charge in [-0.2, -0.15) is 0 Å². The number of carbonyl (C=O) groups excluding carboxylic acids is 2.